The number of halogens is 3. The minimum atomic E-state index is -5.08. The van der Waals surface area contributed by atoms with E-state index in [1.54, 1.807) is 0 Å². The number of rotatable bonds is 5. The van der Waals surface area contributed by atoms with E-state index in [1.807, 2.05) is 41.6 Å². The zero-order valence-electron chi connectivity index (χ0n) is 18.5. The van der Waals surface area contributed by atoms with Crippen molar-refractivity contribution < 1.29 is 27.9 Å². The number of hydrogen-bond acceptors (Lipinski definition) is 4. The van der Waals surface area contributed by atoms with Gasteiger partial charge in [-0.15, -0.1) is 0 Å². The SMILES string of the molecule is CC(C)N(C)Cc1ncn2c1CN(C(=O)Cc1ccccc1)CCC2.O=C(O)C(F)(F)F. The lowest BCUT2D eigenvalue weighted by Crippen LogP contribution is -2.33. The van der Waals surface area contributed by atoms with Crippen molar-refractivity contribution >= 4 is 11.9 Å². The predicted octanol–water partition coefficient (Wildman–Crippen LogP) is 3.33. The summed E-state index contributed by atoms with van der Waals surface area (Å²) in [7, 11) is 2.12. The maximum Gasteiger partial charge on any atom is 0.490 e. The minimum absolute atomic E-state index is 0.198. The number of carbonyl (C=O) groups is 2. The molecule has 0 saturated carbocycles. The van der Waals surface area contributed by atoms with E-state index in [-0.39, 0.29) is 5.91 Å². The molecule has 2 aromatic rings. The van der Waals surface area contributed by atoms with Gasteiger partial charge < -0.3 is 14.6 Å². The molecule has 0 unspecified atom stereocenters. The first-order chi connectivity index (χ1) is 15.0. The fourth-order valence-corrected chi connectivity index (χ4v) is 3.16. The Morgan fingerprint density at radius 3 is 2.38 bits per heavy atom. The van der Waals surface area contributed by atoms with Gasteiger partial charge in [-0.3, -0.25) is 9.69 Å². The Morgan fingerprint density at radius 2 is 1.81 bits per heavy atom. The van der Waals surface area contributed by atoms with Crippen LogP contribution in [-0.2, 0) is 35.6 Å². The molecule has 0 radical (unpaired) electrons. The Labute approximate surface area is 185 Å². The number of alkyl halides is 3. The molecule has 10 heteroatoms. The highest BCUT2D eigenvalue weighted by atomic mass is 19.4. The molecular weight excluding hydrogens is 425 g/mol. The summed E-state index contributed by atoms with van der Waals surface area (Å²) in [5.41, 5.74) is 3.35. The van der Waals surface area contributed by atoms with E-state index >= 15 is 0 Å². The summed E-state index contributed by atoms with van der Waals surface area (Å²) >= 11 is 0. The molecule has 0 aliphatic carbocycles. The van der Waals surface area contributed by atoms with Crippen molar-refractivity contribution in [2.45, 2.75) is 58.5 Å². The summed E-state index contributed by atoms with van der Waals surface area (Å²) in [4.78, 5) is 30.6. The number of hydrogen-bond donors (Lipinski definition) is 1. The van der Waals surface area contributed by atoms with Crippen LogP contribution in [0.15, 0.2) is 36.7 Å². The fourth-order valence-electron chi connectivity index (χ4n) is 3.16. The van der Waals surface area contributed by atoms with Crippen LogP contribution in [0.4, 0.5) is 13.2 Å². The second kappa shape index (κ2) is 11.1. The normalized spacial score (nSPS) is 13.9. The van der Waals surface area contributed by atoms with Crippen LogP contribution < -0.4 is 0 Å². The average molecular weight is 454 g/mol. The van der Waals surface area contributed by atoms with Crippen LogP contribution in [-0.4, -0.2) is 62.1 Å². The van der Waals surface area contributed by atoms with Gasteiger partial charge in [0, 0.05) is 25.7 Å². The Balaban J connectivity index is 0.000000451. The van der Waals surface area contributed by atoms with E-state index in [1.165, 1.54) is 5.69 Å². The van der Waals surface area contributed by atoms with Gasteiger partial charge in [0.1, 0.15) is 0 Å². The lowest BCUT2D eigenvalue weighted by Gasteiger charge is -2.23. The number of carboxylic acid groups (broad SMARTS) is 1. The van der Waals surface area contributed by atoms with Crippen LogP contribution in [0.3, 0.4) is 0 Å². The molecule has 3 rings (SSSR count). The van der Waals surface area contributed by atoms with Gasteiger partial charge in [0.15, 0.2) is 0 Å². The predicted molar refractivity (Wildman–Crippen MR) is 113 cm³/mol. The van der Waals surface area contributed by atoms with E-state index < -0.39 is 12.1 Å². The summed E-state index contributed by atoms with van der Waals surface area (Å²) in [6, 6.07) is 10.5. The highest BCUT2D eigenvalue weighted by Crippen LogP contribution is 2.19. The number of aryl methyl sites for hydroxylation is 1. The molecule has 176 valence electrons. The maximum absolute atomic E-state index is 12.8. The molecule has 1 aromatic heterocycles. The van der Waals surface area contributed by atoms with Crippen molar-refractivity contribution in [2.24, 2.45) is 0 Å². The van der Waals surface area contributed by atoms with Crippen molar-refractivity contribution in [1.29, 1.82) is 0 Å². The molecule has 1 aromatic carbocycles. The monoisotopic (exact) mass is 454 g/mol. The molecule has 0 fully saturated rings. The molecule has 2 heterocycles. The Kier molecular flexibility index (Phi) is 8.82. The summed E-state index contributed by atoms with van der Waals surface area (Å²) < 4.78 is 34.0. The first kappa shape index (κ1) is 25.4. The second-order valence-electron chi connectivity index (χ2n) is 7.97. The first-order valence-corrected chi connectivity index (χ1v) is 10.3. The van der Waals surface area contributed by atoms with Crippen molar-refractivity contribution in [3.63, 3.8) is 0 Å². The third-order valence-corrected chi connectivity index (χ3v) is 5.27. The Bertz CT molecular complexity index is 898. The molecule has 0 bridgehead atoms. The summed E-state index contributed by atoms with van der Waals surface area (Å²) in [6.45, 7) is 7.60. The third-order valence-electron chi connectivity index (χ3n) is 5.27. The van der Waals surface area contributed by atoms with Crippen LogP contribution >= 0.6 is 0 Å². The number of imidazole rings is 1. The fraction of sp³-hybridized carbons (Fsp3) is 0.500. The van der Waals surface area contributed by atoms with E-state index in [9.17, 15) is 18.0 Å². The van der Waals surface area contributed by atoms with Crippen LogP contribution in [0.1, 0.15) is 37.2 Å². The van der Waals surface area contributed by atoms with E-state index in [2.05, 4.69) is 35.3 Å². The van der Waals surface area contributed by atoms with Crippen molar-refractivity contribution in [2.75, 3.05) is 13.6 Å². The quantitative estimate of drug-likeness (QED) is 0.750. The number of carboxylic acids is 1. The number of aliphatic carboxylic acids is 1. The average Bonchev–Trinajstić information content (AvgIpc) is 2.95. The van der Waals surface area contributed by atoms with Gasteiger partial charge in [-0.2, -0.15) is 13.2 Å². The number of nitrogens with zero attached hydrogens (tertiary/aromatic N) is 4. The molecular formula is C22H29F3N4O3. The van der Waals surface area contributed by atoms with Crippen molar-refractivity contribution in [3.8, 4) is 0 Å². The molecule has 32 heavy (non-hydrogen) atoms. The topological polar surface area (TPSA) is 78.7 Å². The molecule has 1 aliphatic rings. The number of carbonyl (C=O) groups excluding carboxylic acids is 1. The molecule has 0 atom stereocenters. The molecule has 1 aliphatic heterocycles. The Morgan fingerprint density at radius 1 is 1.19 bits per heavy atom. The molecule has 1 amide bonds. The van der Waals surface area contributed by atoms with E-state index in [0.29, 0.717) is 19.0 Å². The highest BCUT2D eigenvalue weighted by molar-refractivity contribution is 5.78. The molecule has 0 spiro atoms. The highest BCUT2D eigenvalue weighted by Gasteiger charge is 2.38. The van der Waals surface area contributed by atoms with Crippen molar-refractivity contribution in [1.82, 2.24) is 19.4 Å². The summed E-state index contributed by atoms with van der Waals surface area (Å²) in [5.74, 6) is -2.56. The van der Waals surface area contributed by atoms with E-state index in [0.717, 1.165) is 37.3 Å². The second-order valence-corrected chi connectivity index (χ2v) is 7.97. The Hall–Kier alpha value is -2.88. The number of fused-ring (bicyclic) bond motifs is 1. The standard InChI is InChI=1S/C20H28N4O.C2HF3O2/c1-16(2)22(3)13-18-19-14-23(10-7-11-24(19)15-21-18)20(25)12-17-8-5-4-6-9-17;3-2(4,5)1(6)7/h4-6,8-9,15-16H,7,10-14H2,1-3H3;(H,6,7). The lowest BCUT2D eigenvalue weighted by atomic mass is 10.1. The summed E-state index contributed by atoms with van der Waals surface area (Å²) in [5, 5.41) is 7.12. The van der Waals surface area contributed by atoms with Gasteiger partial charge in [0.2, 0.25) is 5.91 Å². The first-order valence-electron chi connectivity index (χ1n) is 10.3. The summed E-state index contributed by atoms with van der Waals surface area (Å²) in [6.07, 6.45) is -1.70. The van der Waals surface area contributed by atoms with Crippen LogP contribution in [0.5, 0.6) is 0 Å². The van der Waals surface area contributed by atoms with Crippen LogP contribution in [0.2, 0.25) is 0 Å². The number of aromatic nitrogens is 2. The van der Waals surface area contributed by atoms with Gasteiger partial charge in [0.05, 0.1) is 30.7 Å². The molecule has 7 nitrogen and oxygen atoms in total. The smallest absolute Gasteiger partial charge is 0.475 e. The minimum Gasteiger partial charge on any atom is -0.475 e. The van der Waals surface area contributed by atoms with Crippen LogP contribution in [0, 0.1) is 0 Å². The maximum atomic E-state index is 12.8. The van der Waals surface area contributed by atoms with Crippen molar-refractivity contribution in [3.05, 3.63) is 53.6 Å². The lowest BCUT2D eigenvalue weighted by molar-refractivity contribution is -0.192. The zero-order valence-corrected chi connectivity index (χ0v) is 18.5. The number of benzene rings is 1. The number of amides is 1. The van der Waals surface area contributed by atoms with E-state index in [4.69, 9.17) is 9.90 Å². The third kappa shape index (κ3) is 7.37. The van der Waals surface area contributed by atoms with Gasteiger partial charge in [0.25, 0.3) is 0 Å². The zero-order chi connectivity index (χ0) is 23.9. The van der Waals surface area contributed by atoms with Gasteiger partial charge in [-0.1, -0.05) is 30.3 Å². The van der Waals surface area contributed by atoms with Gasteiger partial charge >= 0.3 is 12.1 Å². The van der Waals surface area contributed by atoms with Gasteiger partial charge in [-0.05, 0) is 32.9 Å². The molecule has 0 saturated heterocycles. The van der Waals surface area contributed by atoms with Crippen LogP contribution in [0.25, 0.3) is 0 Å². The molecule has 1 N–H and O–H groups in total. The largest absolute Gasteiger partial charge is 0.490 e. The van der Waals surface area contributed by atoms with Gasteiger partial charge in [-0.25, -0.2) is 9.78 Å².